The average Bonchev–Trinajstić information content (AvgIpc) is 3.42. The third-order valence-electron chi connectivity index (χ3n) is 5.72. The van der Waals surface area contributed by atoms with Crippen LogP contribution < -0.4 is 14.4 Å². The van der Waals surface area contributed by atoms with Crippen LogP contribution in [-0.2, 0) is 19.6 Å². The summed E-state index contributed by atoms with van der Waals surface area (Å²) in [5.41, 5.74) is 1.44. The molecule has 1 fully saturated rings. The highest BCUT2D eigenvalue weighted by molar-refractivity contribution is 7.89. The van der Waals surface area contributed by atoms with Crippen LogP contribution in [0.4, 0.5) is 5.69 Å². The zero-order valence-corrected chi connectivity index (χ0v) is 21.9. The Morgan fingerprint density at radius 3 is 2.43 bits per heavy atom. The molecule has 11 heteroatoms. The molecule has 2 heterocycles. The molecule has 0 saturated carbocycles. The fourth-order valence-corrected chi connectivity index (χ4v) is 5.42. The molecule has 198 valence electrons. The standard InChI is InChI=1S/C26H31N3O7S/c1-4-33-25(30)18-35-24-17-20(5-10-23(24)26-27-11-16-34-26)28-12-14-29(15-13-28)37(31,32)22-8-6-21(7-9-22)36-19(2)3/h5-11,16-17,19H,4,12-15,18H2,1-3H3. The molecule has 3 aromatic rings. The van der Waals surface area contributed by atoms with E-state index in [0.29, 0.717) is 49.1 Å². The molecule has 1 saturated heterocycles. The zero-order valence-electron chi connectivity index (χ0n) is 21.1. The van der Waals surface area contributed by atoms with Crippen LogP contribution in [0.1, 0.15) is 20.8 Å². The second-order valence-corrected chi connectivity index (χ2v) is 10.6. The highest BCUT2D eigenvalue weighted by Gasteiger charge is 2.29. The summed E-state index contributed by atoms with van der Waals surface area (Å²) in [6, 6.07) is 12.0. The summed E-state index contributed by atoms with van der Waals surface area (Å²) in [7, 11) is -3.63. The summed E-state index contributed by atoms with van der Waals surface area (Å²) in [4.78, 5) is 18.3. The minimum Gasteiger partial charge on any atom is -0.491 e. The number of aromatic nitrogens is 1. The van der Waals surface area contributed by atoms with Gasteiger partial charge < -0.3 is 23.5 Å². The van der Waals surface area contributed by atoms with Gasteiger partial charge in [-0.2, -0.15) is 4.31 Å². The molecular formula is C26H31N3O7S. The van der Waals surface area contributed by atoms with Gasteiger partial charge in [0.05, 0.1) is 29.4 Å². The largest absolute Gasteiger partial charge is 0.491 e. The first kappa shape index (κ1) is 26.5. The van der Waals surface area contributed by atoms with Crippen LogP contribution in [-0.4, -0.2) is 69.2 Å². The fourth-order valence-electron chi connectivity index (χ4n) is 4.00. The molecule has 37 heavy (non-hydrogen) atoms. The number of rotatable bonds is 10. The molecule has 0 bridgehead atoms. The lowest BCUT2D eigenvalue weighted by Gasteiger charge is -2.35. The third-order valence-corrected chi connectivity index (χ3v) is 7.63. The number of carbonyl (C=O) groups is 1. The van der Waals surface area contributed by atoms with Crippen molar-refractivity contribution < 1.29 is 31.8 Å². The van der Waals surface area contributed by atoms with Crippen LogP contribution in [0, 0.1) is 0 Å². The van der Waals surface area contributed by atoms with Crippen molar-refractivity contribution in [2.45, 2.75) is 31.8 Å². The number of sulfonamides is 1. The number of oxazole rings is 1. The second-order valence-electron chi connectivity index (χ2n) is 8.64. The molecule has 0 N–H and O–H groups in total. The summed E-state index contributed by atoms with van der Waals surface area (Å²) in [5, 5.41) is 0. The molecule has 1 aliphatic heterocycles. The van der Waals surface area contributed by atoms with E-state index in [4.69, 9.17) is 18.6 Å². The minimum atomic E-state index is -3.63. The van der Waals surface area contributed by atoms with E-state index in [9.17, 15) is 13.2 Å². The van der Waals surface area contributed by atoms with E-state index in [2.05, 4.69) is 9.88 Å². The summed E-state index contributed by atoms with van der Waals surface area (Å²) < 4.78 is 49.6. The SMILES string of the molecule is CCOC(=O)COc1cc(N2CCN(S(=O)(=O)c3ccc(OC(C)C)cc3)CC2)ccc1-c1ncco1. The molecule has 1 aliphatic rings. The van der Waals surface area contributed by atoms with Crippen molar-refractivity contribution in [3.8, 4) is 23.0 Å². The maximum absolute atomic E-state index is 13.2. The number of piperazine rings is 1. The molecule has 1 aromatic heterocycles. The Hall–Kier alpha value is -3.57. The average molecular weight is 530 g/mol. The maximum atomic E-state index is 13.2. The molecule has 0 spiro atoms. The van der Waals surface area contributed by atoms with Crippen molar-refractivity contribution in [2.24, 2.45) is 0 Å². The van der Waals surface area contributed by atoms with Gasteiger partial charge in [-0.25, -0.2) is 18.2 Å². The van der Waals surface area contributed by atoms with Crippen LogP contribution in [0.5, 0.6) is 11.5 Å². The van der Waals surface area contributed by atoms with E-state index in [1.807, 2.05) is 26.0 Å². The van der Waals surface area contributed by atoms with Crippen LogP contribution >= 0.6 is 0 Å². The van der Waals surface area contributed by atoms with E-state index < -0.39 is 16.0 Å². The van der Waals surface area contributed by atoms with Gasteiger partial charge in [0.2, 0.25) is 15.9 Å². The number of benzene rings is 2. The Labute approximate surface area is 216 Å². The van der Waals surface area contributed by atoms with E-state index in [1.54, 1.807) is 37.3 Å². The Morgan fingerprint density at radius 2 is 1.81 bits per heavy atom. The summed E-state index contributed by atoms with van der Waals surface area (Å²) in [5.74, 6) is 0.944. The number of carbonyl (C=O) groups excluding carboxylic acids is 1. The van der Waals surface area contributed by atoms with Crippen molar-refractivity contribution in [3.63, 3.8) is 0 Å². The summed E-state index contributed by atoms with van der Waals surface area (Å²) in [6.45, 7) is 7.21. The van der Waals surface area contributed by atoms with Gasteiger partial charge >= 0.3 is 5.97 Å². The lowest BCUT2D eigenvalue weighted by Crippen LogP contribution is -2.48. The number of ether oxygens (including phenoxy) is 3. The summed E-state index contributed by atoms with van der Waals surface area (Å²) in [6.07, 6.45) is 3.00. The number of esters is 1. The van der Waals surface area contributed by atoms with Crippen LogP contribution in [0.15, 0.2) is 64.2 Å². The topological polar surface area (TPSA) is 111 Å². The van der Waals surface area contributed by atoms with Crippen molar-refractivity contribution in [1.29, 1.82) is 0 Å². The van der Waals surface area contributed by atoms with Gasteiger partial charge in [0.15, 0.2) is 6.61 Å². The van der Waals surface area contributed by atoms with Gasteiger partial charge in [-0.05, 0) is 57.2 Å². The zero-order chi connectivity index (χ0) is 26.4. The molecule has 0 amide bonds. The highest BCUT2D eigenvalue weighted by Crippen LogP contribution is 2.34. The number of hydrogen-bond donors (Lipinski definition) is 0. The minimum absolute atomic E-state index is 0.0102. The molecule has 0 unspecified atom stereocenters. The molecule has 0 aliphatic carbocycles. The van der Waals surface area contributed by atoms with E-state index >= 15 is 0 Å². The Balaban J connectivity index is 1.46. The normalized spacial score (nSPS) is 14.5. The van der Waals surface area contributed by atoms with Gasteiger partial charge in [0.25, 0.3) is 0 Å². The lowest BCUT2D eigenvalue weighted by atomic mass is 10.1. The van der Waals surface area contributed by atoms with Gasteiger partial charge in [0, 0.05) is 37.9 Å². The van der Waals surface area contributed by atoms with Crippen LogP contribution in [0.2, 0.25) is 0 Å². The molecule has 0 atom stereocenters. The lowest BCUT2D eigenvalue weighted by molar-refractivity contribution is -0.145. The smallest absolute Gasteiger partial charge is 0.344 e. The van der Waals surface area contributed by atoms with Crippen molar-refractivity contribution >= 4 is 21.7 Å². The van der Waals surface area contributed by atoms with Gasteiger partial charge in [-0.15, -0.1) is 0 Å². The number of hydrogen-bond acceptors (Lipinski definition) is 9. The van der Waals surface area contributed by atoms with Gasteiger partial charge in [-0.3, -0.25) is 0 Å². The maximum Gasteiger partial charge on any atom is 0.344 e. The summed E-state index contributed by atoms with van der Waals surface area (Å²) >= 11 is 0. The van der Waals surface area contributed by atoms with E-state index in [1.165, 1.54) is 16.8 Å². The quantitative estimate of drug-likeness (QED) is 0.364. The predicted molar refractivity (Wildman–Crippen MR) is 137 cm³/mol. The van der Waals surface area contributed by atoms with Gasteiger partial charge in [0.1, 0.15) is 17.8 Å². The molecule has 0 radical (unpaired) electrons. The molecular weight excluding hydrogens is 498 g/mol. The predicted octanol–water partition coefficient (Wildman–Crippen LogP) is 3.58. The van der Waals surface area contributed by atoms with Gasteiger partial charge in [-0.1, -0.05) is 0 Å². The Kier molecular flexibility index (Phi) is 8.34. The van der Waals surface area contributed by atoms with Crippen LogP contribution in [0.25, 0.3) is 11.5 Å². The first-order valence-electron chi connectivity index (χ1n) is 12.1. The molecule has 4 rings (SSSR count). The molecule has 2 aromatic carbocycles. The van der Waals surface area contributed by atoms with Crippen LogP contribution in [0.3, 0.4) is 0 Å². The third kappa shape index (κ3) is 6.41. The van der Waals surface area contributed by atoms with E-state index in [0.717, 1.165) is 5.69 Å². The van der Waals surface area contributed by atoms with Crippen molar-refractivity contribution in [2.75, 3.05) is 44.3 Å². The number of anilines is 1. The Bertz CT molecular complexity index is 1280. The fraction of sp³-hybridized carbons (Fsp3) is 0.385. The first-order chi connectivity index (χ1) is 17.8. The monoisotopic (exact) mass is 529 g/mol. The van der Waals surface area contributed by atoms with E-state index in [-0.39, 0.29) is 24.2 Å². The highest BCUT2D eigenvalue weighted by atomic mass is 32.2. The number of nitrogens with zero attached hydrogens (tertiary/aromatic N) is 3. The van der Waals surface area contributed by atoms with Crippen molar-refractivity contribution in [1.82, 2.24) is 9.29 Å². The Morgan fingerprint density at radius 1 is 1.08 bits per heavy atom. The molecule has 10 nitrogen and oxygen atoms in total. The van der Waals surface area contributed by atoms with Crippen molar-refractivity contribution in [3.05, 3.63) is 54.9 Å². The first-order valence-corrected chi connectivity index (χ1v) is 13.6. The second kappa shape index (κ2) is 11.7.